The summed E-state index contributed by atoms with van der Waals surface area (Å²) in [6.07, 6.45) is 0. The molecule has 0 heterocycles. The molecule has 0 aliphatic heterocycles. The van der Waals surface area contributed by atoms with E-state index in [1.165, 1.54) is 61.4 Å². The number of aryl methyl sites for hydroxylation is 1. The molecule has 3 aromatic carbocycles. The Morgan fingerprint density at radius 3 is 2.21 bits per heavy atom. The molecule has 0 spiro atoms. The third-order valence-electron chi connectivity index (χ3n) is 6.07. The average molecular weight is 542 g/mol. The smallest absolute Gasteiger partial charge is 0.264 e. The maximum absolute atomic E-state index is 14.5. The largest absolute Gasteiger partial charge is 0.497 e. The van der Waals surface area contributed by atoms with Crippen molar-refractivity contribution in [1.29, 1.82) is 0 Å². The molecule has 1 unspecified atom stereocenters. The Kier molecular flexibility index (Phi) is 9.46. The highest BCUT2D eigenvalue weighted by molar-refractivity contribution is 7.92. The van der Waals surface area contributed by atoms with Gasteiger partial charge in [0.2, 0.25) is 11.8 Å². The highest BCUT2D eigenvalue weighted by Crippen LogP contribution is 2.27. The number of methoxy groups -OCH3 is 1. The van der Waals surface area contributed by atoms with Crippen LogP contribution in [0.3, 0.4) is 0 Å². The first kappa shape index (κ1) is 28.6. The summed E-state index contributed by atoms with van der Waals surface area (Å²) in [7, 11) is -2.70. The second-order valence-corrected chi connectivity index (χ2v) is 10.6. The molecule has 8 nitrogen and oxygen atoms in total. The van der Waals surface area contributed by atoms with Crippen molar-refractivity contribution in [2.45, 2.75) is 38.3 Å². The molecule has 3 rings (SSSR count). The zero-order valence-corrected chi connectivity index (χ0v) is 22.7. The van der Waals surface area contributed by atoms with Gasteiger partial charge in [-0.2, -0.15) is 0 Å². The minimum Gasteiger partial charge on any atom is -0.497 e. The zero-order valence-electron chi connectivity index (χ0n) is 21.8. The Balaban J connectivity index is 2.04. The number of nitrogens with zero attached hydrogens (tertiary/aromatic N) is 2. The number of rotatable bonds is 11. The van der Waals surface area contributed by atoms with Crippen LogP contribution in [0.4, 0.5) is 10.1 Å². The molecule has 0 aliphatic rings. The van der Waals surface area contributed by atoms with Gasteiger partial charge in [0.05, 0.1) is 17.7 Å². The summed E-state index contributed by atoms with van der Waals surface area (Å²) in [4.78, 5) is 27.6. The lowest BCUT2D eigenvalue weighted by Gasteiger charge is -2.32. The Morgan fingerprint density at radius 1 is 1.00 bits per heavy atom. The molecule has 0 aromatic heterocycles. The molecular formula is C28H32FN3O5S. The van der Waals surface area contributed by atoms with Crippen LogP contribution in [0.2, 0.25) is 0 Å². The van der Waals surface area contributed by atoms with E-state index in [1.54, 1.807) is 37.3 Å². The molecular weight excluding hydrogens is 509 g/mol. The van der Waals surface area contributed by atoms with Gasteiger partial charge in [-0.15, -0.1) is 0 Å². The van der Waals surface area contributed by atoms with Crippen LogP contribution < -0.4 is 14.4 Å². The van der Waals surface area contributed by atoms with Gasteiger partial charge in [-0.05, 0) is 63.2 Å². The van der Waals surface area contributed by atoms with E-state index in [0.717, 1.165) is 9.87 Å². The summed E-state index contributed by atoms with van der Waals surface area (Å²) in [5.41, 5.74) is 1.31. The van der Waals surface area contributed by atoms with Gasteiger partial charge in [-0.1, -0.05) is 35.9 Å². The predicted molar refractivity (Wildman–Crippen MR) is 144 cm³/mol. The number of carbonyl (C=O) groups is 2. The first-order valence-electron chi connectivity index (χ1n) is 12.1. The summed E-state index contributed by atoms with van der Waals surface area (Å²) in [6.45, 7) is 4.61. The Labute approximate surface area is 223 Å². The van der Waals surface area contributed by atoms with Crippen molar-refractivity contribution in [2.24, 2.45) is 0 Å². The van der Waals surface area contributed by atoms with Crippen LogP contribution in [0.1, 0.15) is 25.0 Å². The fraction of sp³-hybridized carbons (Fsp3) is 0.286. The average Bonchev–Trinajstić information content (AvgIpc) is 2.91. The normalized spacial score (nSPS) is 11.9. The molecule has 202 valence electrons. The lowest BCUT2D eigenvalue weighted by atomic mass is 10.1. The number of sulfonamides is 1. The number of halogens is 1. The number of ether oxygens (including phenoxy) is 1. The fourth-order valence-corrected chi connectivity index (χ4v) is 5.24. The minimum absolute atomic E-state index is 0.00384. The van der Waals surface area contributed by atoms with E-state index in [1.807, 2.05) is 6.92 Å². The Bertz CT molecular complexity index is 1360. The van der Waals surface area contributed by atoms with E-state index in [4.69, 9.17) is 4.74 Å². The number of anilines is 1. The molecule has 38 heavy (non-hydrogen) atoms. The van der Waals surface area contributed by atoms with Gasteiger partial charge in [0, 0.05) is 18.7 Å². The van der Waals surface area contributed by atoms with Crippen LogP contribution in [-0.4, -0.2) is 51.4 Å². The number of hydrogen-bond acceptors (Lipinski definition) is 5. The summed E-state index contributed by atoms with van der Waals surface area (Å²) in [6, 6.07) is 17.5. The molecule has 0 saturated carbocycles. The van der Waals surface area contributed by atoms with Crippen LogP contribution in [-0.2, 0) is 26.2 Å². The number of carbonyl (C=O) groups excluding carboxylic acids is 2. The van der Waals surface area contributed by atoms with Crippen molar-refractivity contribution in [2.75, 3.05) is 24.5 Å². The van der Waals surface area contributed by atoms with E-state index in [-0.39, 0.29) is 22.7 Å². The van der Waals surface area contributed by atoms with Crippen molar-refractivity contribution in [3.8, 4) is 5.75 Å². The first-order valence-corrected chi connectivity index (χ1v) is 13.6. The van der Waals surface area contributed by atoms with Crippen molar-refractivity contribution in [1.82, 2.24) is 10.2 Å². The molecule has 0 radical (unpaired) electrons. The van der Waals surface area contributed by atoms with Crippen molar-refractivity contribution in [3.05, 3.63) is 89.7 Å². The van der Waals surface area contributed by atoms with E-state index in [0.29, 0.717) is 12.3 Å². The van der Waals surface area contributed by atoms with Gasteiger partial charge in [0.1, 0.15) is 24.2 Å². The molecule has 1 atom stereocenters. The number of likely N-dealkylation sites (N-methyl/N-ethyl adjacent to an activating group) is 1. The van der Waals surface area contributed by atoms with Gasteiger partial charge in [0.25, 0.3) is 10.0 Å². The summed E-state index contributed by atoms with van der Waals surface area (Å²) >= 11 is 0. The van der Waals surface area contributed by atoms with Crippen LogP contribution in [0.15, 0.2) is 77.7 Å². The number of amides is 2. The minimum atomic E-state index is -4.19. The molecule has 0 aliphatic carbocycles. The molecule has 10 heteroatoms. The van der Waals surface area contributed by atoms with E-state index < -0.39 is 40.2 Å². The number of benzene rings is 3. The lowest BCUT2D eigenvalue weighted by molar-refractivity contribution is -0.139. The van der Waals surface area contributed by atoms with Crippen molar-refractivity contribution < 1.29 is 27.1 Å². The highest BCUT2D eigenvalue weighted by Gasteiger charge is 2.32. The highest BCUT2D eigenvalue weighted by atomic mass is 32.2. The summed E-state index contributed by atoms with van der Waals surface area (Å²) < 4.78 is 48.2. The van der Waals surface area contributed by atoms with E-state index in [9.17, 15) is 22.4 Å². The van der Waals surface area contributed by atoms with E-state index >= 15 is 0 Å². The first-order chi connectivity index (χ1) is 18.1. The fourth-order valence-electron chi connectivity index (χ4n) is 3.83. The zero-order chi connectivity index (χ0) is 27.9. The lowest BCUT2D eigenvalue weighted by Crippen LogP contribution is -2.51. The van der Waals surface area contributed by atoms with Gasteiger partial charge < -0.3 is 15.0 Å². The maximum atomic E-state index is 14.5. The standard InChI is InChI=1S/C28H32FN3O5S/c1-5-30-28(34)21(3)31(18-22-8-6-7-9-26(22)29)27(33)19-32(23-12-14-24(37-4)15-13-23)38(35,36)25-16-10-20(2)11-17-25/h6-17,21H,5,18-19H2,1-4H3,(H,30,34). The molecule has 3 aromatic rings. The molecule has 0 saturated heterocycles. The summed E-state index contributed by atoms with van der Waals surface area (Å²) in [5, 5.41) is 2.67. The third kappa shape index (κ3) is 6.69. The van der Waals surface area contributed by atoms with Gasteiger partial charge in [-0.25, -0.2) is 12.8 Å². The predicted octanol–water partition coefficient (Wildman–Crippen LogP) is 3.89. The molecule has 2 amide bonds. The van der Waals surface area contributed by atoms with Crippen LogP contribution >= 0.6 is 0 Å². The molecule has 0 bridgehead atoms. The maximum Gasteiger partial charge on any atom is 0.264 e. The van der Waals surface area contributed by atoms with Crippen molar-refractivity contribution in [3.63, 3.8) is 0 Å². The number of hydrogen-bond donors (Lipinski definition) is 1. The number of nitrogens with one attached hydrogen (secondary N) is 1. The van der Waals surface area contributed by atoms with Crippen LogP contribution in [0, 0.1) is 12.7 Å². The second kappa shape index (κ2) is 12.6. The van der Waals surface area contributed by atoms with Crippen molar-refractivity contribution >= 4 is 27.5 Å². The van der Waals surface area contributed by atoms with Gasteiger partial charge in [-0.3, -0.25) is 13.9 Å². The third-order valence-corrected chi connectivity index (χ3v) is 7.85. The Hall–Kier alpha value is -3.92. The SMILES string of the molecule is CCNC(=O)C(C)N(Cc1ccccc1F)C(=O)CN(c1ccc(OC)cc1)S(=O)(=O)c1ccc(C)cc1. The van der Waals surface area contributed by atoms with E-state index in [2.05, 4.69) is 5.32 Å². The quantitative estimate of drug-likeness (QED) is 0.397. The Morgan fingerprint density at radius 2 is 1.63 bits per heavy atom. The van der Waals surface area contributed by atoms with Crippen LogP contribution in [0.5, 0.6) is 5.75 Å². The van der Waals surface area contributed by atoms with Crippen LogP contribution in [0.25, 0.3) is 0 Å². The second-order valence-electron chi connectivity index (χ2n) is 8.71. The molecule has 1 N–H and O–H groups in total. The van der Waals surface area contributed by atoms with Gasteiger partial charge in [0.15, 0.2) is 0 Å². The summed E-state index contributed by atoms with van der Waals surface area (Å²) in [5.74, 6) is -1.13. The topological polar surface area (TPSA) is 96.0 Å². The molecule has 0 fully saturated rings. The monoisotopic (exact) mass is 541 g/mol. The van der Waals surface area contributed by atoms with Gasteiger partial charge >= 0.3 is 0 Å².